The molecule has 1 heterocycles. The van der Waals surface area contributed by atoms with Gasteiger partial charge in [0.05, 0.1) is 12.3 Å². The predicted octanol–water partition coefficient (Wildman–Crippen LogP) is 2.46. The molecule has 2 aromatic rings. The summed E-state index contributed by atoms with van der Waals surface area (Å²) in [5, 5.41) is 14.0. The van der Waals surface area contributed by atoms with Crippen LogP contribution in [0.1, 0.15) is 11.3 Å². The third kappa shape index (κ3) is 4.35. The first kappa shape index (κ1) is 17.8. The number of aromatic nitrogens is 2. The molecule has 1 aromatic heterocycles. The molecule has 1 atom stereocenters. The van der Waals surface area contributed by atoms with E-state index < -0.39 is 0 Å². The van der Waals surface area contributed by atoms with Crippen molar-refractivity contribution in [2.75, 3.05) is 6.61 Å². The van der Waals surface area contributed by atoms with Gasteiger partial charge in [0.25, 0.3) is 0 Å². The molecule has 0 aliphatic heterocycles. The number of aliphatic hydroxyl groups excluding tert-OH is 1. The summed E-state index contributed by atoms with van der Waals surface area (Å²) >= 11 is 5.95. The highest BCUT2D eigenvalue weighted by molar-refractivity contribution is 6.30. The summed E-state index contributed by atoms with van der Waals surface area (Å²) in [6, 6.07) is 6.83. The second kappa shape index (κ2) is 7.66. The fourth-order valence-electron chi connectivity index (χ4n) is 2.01. The van der Waals surface area contributed by atoms with E-state index in [-0.39, 0.29) is 25.1 Å². The van der Waals surface area contributed by atoms with Crippen LogP contribution in [0, 0.1) is 6.92 Å². The molecule has 1 unspecified atom stereocenters. The first-order valence-electron chi connectivity index (χ1n) is 6.33. The monoisotopic (exact) mass is 331 g/mol. The van der Waals surface area contributed by atoms with Crippen molar-refractivity contribution in [1.82, 2.24) is 9.78 Å². The Kier molecular flexibility index (Phi) is 6.48. The Labute approximate surface area is 135 Å². The Morgan fingerprint density at radius 3 is 2.81 bits per heavy atom. The summed E-state index contributed by atoms with van der Waals surface area (Å²) in [6.07, 6.45) is 0.506. The lowest BCUT2D eigenvalue weighted by molar-refractivity contribution is 0.264. The third-order valence-electron chi connectivity index (χ3n) is 3.00. The number of nitrogens with two attached hydrogens (primary N) is 1. The second-order valence-corrected chi connectivity index (χ2v) is 5.14. The number of hydrogen-bond acceptors (Lipinski definition) is 4. The molecular weight excluding hydrogens is 313 g/mol. The number of hydrogen-bond donors (Lipinski definition) is 2. The molecule has 0 saturated heterocycles. The van der Waals surface area contributed by atoms with Crippen molar-refractivity contribution < 1.29 is 9.84 Å². The lowest BCUT2D eigenvalue weighted by Gasteiger charge is -2.11. The molecule has 0 fully saturated rings. The molecular formula is C14H19Cl2N3O2. The summed E-state index contributed by atoms with van der Waals surface area (Å²) in [4.78, 5) is 0. The predicted molar refractivity (Wildman–Crippen MR) is 85.5 cm³/mol. The molecule has 0 aliphatic rings. The van der Waals surface area contributed by atoms with E-state index in [2.05, 4.69) is 5.10 Å². The largest absolute Gasteiger partial charge is 0.439 e. The first-order valence-corrected chi connectivity index (χ1v) is 6.71. The van der Waals surface area contributed by atoms with Crippen molar-refractivity contribution in [2.45, 2.75) is 19.4 Å². The van der Waals surface area contributed by atoms with Crippen molar-refractivity contribution in [1.29, 1.82) is 0 Å². The molecule has 0 amide bonds. The van der Waals surface area contributed by atoms with Crippen molar-refractivity contribution in [3.05, 3.63) is 40.5 Å². The van der Waals surface area contributed by atoms with Gasteiger partial charge in [-0.1, -0.05) is 17.7 Å². The maximum atomic E-state index is 9.10. The summed E-state index contributed by atoms with van der Waals surface area (Å²) in [6.45, 7) is 1.81. The van der Waals surface area contributed by atoms with Gasteiger partial charge in [0.1, 0.15) is 5.75 Å². The average Bonchev–Trinajstić information content (AvgIpc) is 2.65. The zero-order chi connectivity index (χ0) is 14.7. The number of halogens is 2. The molecule has 0 spiro atoms. The van der Waals surface area contributed by atoms with E-state index in [9.17, 15) is 0 Å². The van der Waals surface area contributed by atoms with E-state index in [1.54, 1.807) is 23.9 Å². The van der Waals surface area contributed by atoms with Crippen LogP contribution in [0.25, 0.3) is 0 Å². The fraction of sp³-hybridized carbons (Fsp3) is 0.357. The van der Waals surface area contributed by atoms with E-state index in [1.807, 2.05) is 19.1 Å². The quantitative estimate of drug-likeness (QED) is 0.882. The van der Waals surface area contributed by atoms with Gasteiger partial charge in [-0.05, 0) is 31.5 Å². The van der Waals surface area contributed by atoms with Crippen molar-refractivity contribution in [2.24, 2.45) is 12.8 Å². The standard InChI is InChI=1S/C14H18ClN3O2.ClH/c1-9-13(7-11(16)8-19)14(18(2)17-9)20-12-5-3-4-10(15)6-12;/h3-6,11,19H,7-8,16H2,1-2H3;1H. The summed E-state index contributed by atoms with van der Waals surface area (Å²) in [5.41, 5.74) is 7.54. The molecule has 5 nitrogen and oxygen atoms in total. The molecule has 2 rings (SSSR count). The Morgan fingerprint density at radius 2 is 2.19 bits per heavy atom. The minimum absolute atomic E-state index is 0. The summed E-state index contributed by atoms with van der Waals surface area (Å²) in [5.74, 6) is 1.26. The number of nitrogens with zero attached hydrogens (tertiary/aromatic N) is 2. The van der Waals surface area contributed by atoms with Crippen molar-refractivity contribution in [3.63, 3.8) is 0 Å². The molecule has 3 N–H and O–H groups in total. The van der Waals surface area contributed by atoms with E-state index in [0.717, 1.165) is 11.3 Å². The van der Waals surface area contributed by atoms with Crippen LogP contribution in [0.15, 0.2) is 24.3 Å². The number of ether oxygens (including phenoxy) is 1. The van der Waals surface area contributed by atoms with Crippen LogP contribution in [0.2, 0.25) is 5.02 Å². The minimum atomic E-state index is -0.334. The molecule has 21 heavy (non-hydrogen) atoms. The van der Waals surface area contributed by atoms with Gasteiger partial charge in [-0.25, -0.2) is 4.68 Å². The smallest absolute Gasteiger partial charge is 0.221 e. The zero-order valence-electron chi connectivity index (χ0n) is 11.9. The van der Waals surface area contributed by atoms with Crippen LogP contribution in [0.5, 0.6) is 11.6 Å². The summed E-state index contributed by atoms with van der Waals surface area (Å²) < 4.78 is 7.53. The molecule has 0 aliphatic carbocycles. The Balaban J connectivity index is 0.00000220. The highest BCUT2D eigenvalue weighted by Crippen LogP contribution is 2.29. The number of aryl methyl sites for hydroxylation is 2. The highest BCUT2D eigenvalue weighted by atomic mass is 35.5. The fourth-order valence-corrected chi connectivity index (χ4v) is 2.19. The zero-order valence-corrected chi connectivity index (χ0v) is 13.5. The van der Waals surface area contributed by atoms with Crippen molar-refractivity contribution >= 4 is 24.0 Å². The normalized spacial score (nSPS) is 11.9. The molecule has 7 heteroatoms. The van der Waals surface area contributed by atoms with Crippen LogP contribution in [0.4, 0.5) is 0 Å². The Morgan fingerprint density at radius 1 is 1.48 bits per heavy atom. The van der Waals surface area contributed by atoms with E-state index >= 15 is 0 Å². The third-order valence-corrected chi connectivity index (χ3v) is 3.24. The Hall–Kier alpha value is -1.27. The maximum absolute atomic E-state index is 9.10. The second-order valence-electron chi connectivity index (χ2n) is 4.70. The lowest BCUT2D eigenvalue weighted by Crippen LogP contribution is -2.27. The van der Waals surface area contributed by atoms with Gasteiger partial charge in [0.2, 0.25) is 5.88 Å². The van der Waals surface area contributed by atoms with Gasteiger partial charge >= 0.3 is 0 Å². The van der Waals surface area contributed by atoms with Crippen LogP contribution >= 0.6 is 24.0 Å². The molecule has 116 valence electrons. The molecule has 0 saturated carbocycles. The number of rotatable bonds is 5. The average molecular weight is 332 g/mol. The maximum Gasteiger partial charge on any atom is 0.221 e. The summed E-state index contributed by atoms with van der Waals surface area (Å²) in [7, 11) is 1.81. The molecule has 0 radical (unpaired) electrons. The van der Waals surface area contributed by atoms with Gasteiger partial charge in [-0.15, -0.1) is 12.4 Å². The lowest BCUT2D eigenvalue weighted by atomic mass is 10.1. The van der Waals surface area contributed by atoms with Crippen molar-refractivity contribution in [3.8, 4) is 11.6 Å². The van der Waals surface area contributed by atoms with E-state index in [0.29, 0.717) is 23.1 Å². The van der Waals surface area contributed by atoms with Crippen LogP contribution in [-0.2, 0) is 13.5 Å². The highest BCUT2D eigenvalue weighted by Gasteiger charge is 2.18. The molecule has 0 bridgehead atoms. The van der Waals surface area contributed by atoms with Crippen LogP contribution < -0.4 is 10.5 Å². The van der Waals surface area contributed by atoms with Gasteiger partial charge < -0.3 is 15.6 Å². The van der Waals surface area contributed by atoms with Gasteiger partial charge in [0, 0.05) is 23.7 Å². The van der Waals surface area contributed by atoms with Crippen LogP contribution in [0.3, 0.4) is 0 Å². The molecule has 1 aromatic carbocycles. The number of aliphatic hydroxyl groups is 1. The van der Waals surface area contributed by atoms with Gasteiger partial charge in [-0.2, -0.15) is 5.10 Å². The Bertz CT molecular complexity index is 602. The van der Waals surface area contributed by atoms with E-state index in [1.165, 1.54) is 0 Å². The van der Waals surface area contributed by atoms with Gasteiger partial charge in [0.15, 0.2) is 0 Å². The van der Waals surface area contributed by atoms with E-state index in [4.69, 9.17) is 27.2 Å². The van der Waals surface area contributed by atoms with Gasteiger partial charge in [-0.3, -0.25) is 0 Å². The first-order chi connectivity index (χ1) is 9.51. The number of benzene rings is 1. The minimum Gasteiger partial charge on any atom is -0.439 e. The topological polar surface area (TPSA) is 73.3 Å². The SMILES string of the molecule is Cc1nn(C)c(Oc2cccc(Cl)c2)c1CC(N)CO.Cl. The van der Waals surface area contributed by atoms with Crippen LogP contribution in [-0.4, -0.2) is 27.5 Å².